The highest BCUT2D eigenvalue weighted by Gasteiger charge is 2.39. The summed E-state index contributed by atoms with van der Waals surface area (Å²) >= 11 is 0. The molecule has 0 aliphatic heterocycles. The Kier molecular flexibility index (Phi) is 6.45. The topological polar surface area (TPSA) is 108 Å². The molecule has 1 rings (SSSR count). The molecule has 1 aliphatic rings. The number of carbonyl (C=O) groups excluding carboxylic acids is 2. The molecule has 0 aromatic rings. The minimum absolute atomic E-state index is 0.0138. The highest BCUT2D eigenvalue weighted by Crippen LogP contribution is 2.35. The van der Waals surface area contributed by atoms with Crippen LogP contribution in [-0.2, 0) is 9.59 Å². The zero-order valence-electron chi connectivity index (χ0n) is 12.7. The Morgan fingerprint density at radius 3 is 2.24 bits per heavy atom. The van der Waals surface area contributed by atoms with Gasteiger partial charge in [0, 0.05) is 12.6 Å². The van der Waals surface area contributed by atoms with Crippen LogP contribution in [0.3, 0.4) is 0 Å². The van der Waals surface area contributed by atoms with E-state index in [4.69, 9.17) is 0 Å². The number of urea groups is 1. The highest BCUT2D eigenvalue weighted by atomic mass is 16.4. The molecule has 0 unspecified atom stereocenters. The minimum Gasteiger partial charge on any atom is -0.481 e. The molecule has 3 amide bonds. The van der Waals surface area contributed by atoms with E-state index in [-0.39, 0.29) is 25.0 Å². The molecule has 1 fully saturated rings. The van der Waals surface area contributed by atoms with Gasteiger partial charge in [0.2, 0.25) is 5.91 Å². The maximum atomic E-state index is 11.6. The lowest BCUT2D eigenvalue weighted by Crippen LogP contribution is -2.49. The summed E-state index contributed by atoms with van der Waals surface area (Å²) in [5.74, 6) is -1.13. The fraction of sp³-hybridized carbons (Fsp3) is 0.786. The van der Waals surface area contributed by atoms with E-state index in [1.807, 2.05) is 13.8 Å². The average Bonchev–Trinajstić information content (AvgIpc) is 2.43. The molecular weight excluding hydrogens is 274 g/mol. The molecule has 0 atom stereocenters. The van der Waals surface area contributed by atoms with Crippen LogP contribution in [0.15, 0.2) is 0 Å². The van der Waals surface area contributed by atoms with Gasteiger partial charge in [0.05, 0.1) is 12.0 Å². The summed E-state index contributed by atoms with van der Waals surface area (Å²) in [7, 11) is 0. The number of rotatable bonds is 6. The molecule has 4 N–H and O–H groups in total. The van der Waals surface area contributed by atoms with E-state index in [1.165, 1.54) is 0 Å². The monoisotopic (exact) mass is 299 g/mol. The lowest BCUT2D eigenvalue weighted by molar-refractivity contribution is -0.150. The zero-order chi connectivity index (χ0) is 15.9. The van der Waals surface area contributed by atoms with Gasteiger partial charge in [0.25, 0.3) is 0 Å². The van der Waals surface area contributed by atoms with Crippen LogP contribution in [0.5, 0.6) is 0 Å². The van der Waals surface area contributed by atoms with Crippen LogP contribution in [0.1, 0.15) is 46.0 Å². The number of amides is 3. The molecule has 7 nitrogen and oxygen atoms in total. The normalized spacial score (nSPS) is 17.1. The first-order valence-corrected chi connectivity index (χ1v) is 7.40. The quantitative estimate of drug-likeness (QED) is 0.583. The summed E-state index contributed by atoms with van der Waals surface area (Å²) < 4.78 is 0. The summed E-state index contributed by atoms with van der Waals surface area (Å²) in [5.41, 5.74) is -0.865. The molecule has 0 aromatic heterocycles. The standard InChI is InChI=1S/C14H25N3O4/c1-10(2)17-11(18)8-15-13(21)16-9-14(12(19)20)6-4-3-5-7-14/h10H,3-9H2,1-2H3,(H,17,18)(H,19,20)(H2,15,16,21). The van der Waals surface area contributed by atoms with Crippen molar-refractivity contribution in [1.82, 2.24) is 16.0 Å². The van der Waals surface area contributed by atoms with Crippen molar-refractivity contribution in [3.8, 4) is 0 Å². The van der Waals surface area contributed by atoms with Crippen LogP contribution < -0.4 is 16.0 Å². The molecule has 0 aromatic carbocycles. The van der Waals surface area contributed by atoms with Crippen LogP contribution in [0.2, 0.25) is 0 Å². The number of hydrogen-bond acceptors (Lipinski definition) is 3. The maximum absolute atomic E-state index is 11.6. The molecule has 0 bridgehead atoms. The minimum atomic E-state index is -0.865. The highest BCUT2D eigenvalue weighted by molar-refractivity contribution is 5.84. The van der Waals surface area contributed by atoms with Gasteiger partial charge in [-0.25, -0.2) is 4.79 Å². The van der Waals surface area contributed by atoms with Crippen molar-refractivity contribution in [3.05, 3.63) is 0 Å². The second kappa shape index (κ2) is 7.85. The van der Waals surface area contributed by atoms with Gasteiger partial charge >= 0.3 is 12.0 Å². The Morgan fingerprint density at radius 2 is 1.71 bits per heavy atom. The number of aliphatic carboxylic acids is 1. The number of carbonyl (C=O) groups is 3. The molecular formula is C14H25N3O4. The maximum Gasteiger partial charge on any atom is 0.315 e. The second-order valence-electron chi connectivity index (χ2n) is 5.90. The van der Waals surface area contributed by atoms with Gasteiger partial charge in [-0.05, 0) is 26.7 Å². The van der Waals surface area contributed by atoms with Crippen LogP contribution >= 0.6 is 0 Å². The summed E-state index contributed by atoms with van der Waals surface area (Å²) in [6.07, 6.45) is 3.93. The average molecular weight is 299 g/mol. The Balaban J connectivity index is 2.37. The van der Waals surface area contributed by atoms with Crippen molar-refractivity contribution in [2.45, 2.75) is 52.0 Å². The lowest BCUT2D eigenvalue weighted by atomic mass is 9.74. The summed E-state index contributed by atoms with van der Waals surface area (Å²) in [5, 5.41) is 17.0. The fourth-order valence-electron chi connectivity index (χ4n) is 2.54. The largest absolute Gasteiger partial charge is 0.481 e. The van der Waals surface area contributed by atoms with Crippen molar-refractivity contribution in [2.24, 2.45) is 5.41 Å². The third-order valence-corrected chi connectivity index (χ3v) is 3.71. The van der Waals surface area contributed by atoms with E-state index in [0.29, 0.717) is 12.8 Å². The van der Waals surface area contributed by atoms with Gasteiger partial charge in [-0.15, -0.1) is 0 Å². The van der Waals surface area contributed by atoms with E-state index in [1.54, 1.807) is 0 Å². The molecule has 0 radical (unpaired) electrons. The van der Waals surface area contributed by atoms with E-state index >= 15 is 0 Å². The van der Waals surface area contributed by atoms with E-state index in [2.05, 4.69) is 16.0 Å². The molecule has 21 heavy (non-hydrogen) atoms. The van der Waals surface area contributed by atoms with E-state index < -0.39 is 17.4 Å². The summed E-state index contributed by atoms with van der Waals surface area (Å²) in [4.78, 5) is 34.5. The van der Waals surface area contributed by atoms with Crippen molar-refractivity contribution in [2.75, 3.05) is 13.1 Å². The van der Waals surface area contributed by atoms with E-state index in [0.717, 1.165) is 19.3 Å². The fourth-order valence-corrected chi connectivity index (χ4v) is 2.54. The van der Waals surface area contributed by atoms with Gasteiger partial charge in [-0.2, -0.15) is 0 Å². The van der Waals surface area contributed by atoms with Gasteiger partial charge in [0.1, 0.15) is 0 Å². The Labute approximate surface area is 124 Å². The Morgan fingerprint density at radius 1 is 1.10 bits per heavy atom. The summed E-state index contributed by atoms with van der Waals surface area (Å²) in [6.45, 7) is 3.64. The predicted molar refractivity (Wildman–Crippen MR) is 77.8 cm³/mol. The number of nitrogens with one attached hydrogen (secondary N) is 3. The van der Waals surface area contributed by atoms with Crippen LogP contribution in [0, 0.1) is 5.41 Å². The Bertz CT molecular complexity index is 390. The van der Waals surface area contributed by atoms with Crippen LogP contribution in [0.4, 0.5) is 4.79 Å². The van der Waals surface area contributed by atoms with E-state index in [9.17, 15) is 19.5 Å². The smallest absolute Gasteiger partial charge is 0.315 e. The first-order chi connectivity index (χ1) is 9.85. The van der Waals surface area contributed by atoms with Gasteiger partial charge < -0.3 is 21.1 Å². The molecule has 0 saturated heterocycles. The van der Waals surface area contributed by atoms with Gasteiger partial charge in [0.15, 0.2) is 0 Å². The van der Waals surface area contributed by atoms with Crippen molar-refractivity contribution in [1.29, 1.82) is 0 Å². The van der Waals surface area contributed by atoms with Crippen molar-refractivity contribution < 1.29 is 19.5 Å². The van der Waals surface area contributed by atoms with Crippen molar-refractivity contribution >= 4 is 17.9 Å². The lowest BCUT2D eigenvalue weighted by Gasteiger charge is -2.33. The summed E-state index contributed by atoms with van der Waals surface area (Å²) in [6, 6.07) is -0.500. The first-order valence-electron chi connectivity index (χ1n) is 7.40. The second-order valence-corrected chi connectivity index (χ2v) is 5.90. The van der Waals surface area contributed by atoms with Gasteiger partial charge in [-0.1, -0.05) is 19.3 Å². The predicted octanol–water partition coefficient (Wildman–Crippen LogP) is 0.845. The molecule has 1 saturated carbocycles. The third-order valence-electron chi connectivity index (χ3n) is 3.71. The Hall–Kier alpha value is -1.79. The van der Waals surface area contributed by atoms with Gasteiger partial charge in [-0.3, -0.25) is 9.59 Å². The molecule has 1 aliphatic carbocycles. The third kappa shape index (κ3) is 5.61. The van der Waals surface area contributed by atoms with Crippen LogP contribution in [-0.4, -0.2) is 42.1 Å². The number of carboxylic acids is 1. The molecule has 120 valence electrons. The number of hydrogen-bond donors (Lipinski definition) is 4. The van der Waals surface area contributed by atoms with Crippen LogP contribution in [0.25, 0.3) is 0 Å². The molecule has 0 heterocycles. The number of carboxylic acid groups (broad SMARTS) is 1. The first kappa shape index (κ1) is 17.3. The molecule has 7 heteroatoms. The van der Waals surface area contributed by atoms with Crippen molar-refractivity contribution in [3.63, 3.8) is 0 Å². The zero-order valence-corrected chi connectivity index (χ0v) is 12.7. The SMILES string of the molecule is CC(C)NC(=O)CNC(=O)NCC1(C(=O)O)CCCCC1. The molecule has 0 spiro atoms.